The summed E-state index contributed by atoms with van der Waals surface area (Å²) in [5, 5.41) is 0. The van der Waals surface area contributed by atoms with Gasteiger partial charge in [-0.2, -0.15) is 13.2 Å². The summed E-state index contributed by atoms with van der Waals surface area (Å²) in [6.07, 6.45) is 4.04. The predicted octanol–water partition coefficient (Wildman–Crippen LogP) is 5.09. The molecule has 1 fully saturated rings. The molecule has 1 heterocycles. The van der Waals surface area contributed by atoms with E-state index in [1.165, 1.54) is 44.6 Å². The largest absolute Gasteiger partial charge is 0.416 e. The number of fused-ring (bicyclic) bond motifs is 1. The topological polar surface area (TPSA) is 28.7 Å². The lowest BCUT2D eigenvalue weighted by atomic mass is 9.96. The van der Waals surface area contributed by atoms with Crippen LogP contribution in [0.2, 0.25) is 0 Å². The van der Waals surface area contributed by atoms with Crippen LogP contribution in [0.3, 0.4) is 0 Å². The molecule has 1 aliphatic carbocycles. The Bertz CT molecular complexity index is 607. The second-order valence-electron chi connectivity index (χ2n) is 5.97. The minimum absolute atomic E-state index is 0.480. The Labute approximate surface area is 121 Å². The van der Waals surface area contributed by atoms with E-state index in [0.717, 1.165) is 24.4 Å². The van der Waals surface area contributed by atoms with Crippen molar-refractivity contribution < 1.29 is 13.2 Å². The zero-order valence-electron chi connectivity index (χ0n) is 11.8. The average molecular weight is 296 g/mol. The number of imidazole rings is 1. The van der Waals surface area contributed by atoms with Gasteiger partial charge < -0.3 is 4.98 Å². The minimum atomic E-state index is -4.30. The van der Waals surface area contributed by atoms with Gasteiger partial charge in [-0.25, -0.2) is 4.98 Å². The van der Waals surface area contributed by atoms with Crippen LogP contribution in [0.5, 0.6) is 0 Å². The number of alkyl halides is 3. The number of hydrogen-bond acceptors (Lipinski definition) is 1. The van der Waals surface area contributed by atoms with Gasteiger partial charge in [0, 0.05) is 6.42 Å². The molecule has 21 heavy (non-hydrogen) atoms. The van der Waals surface area contributed by atoms with E-state index in [2.05, 4.69) is 9.97 Å². The van der Waals surface area contributed by atoms with Crippen molar-refractivity contribution in [2.75, 3.05) is 0 Å². The molecule has 0 radical (unpaired) electrons. The van der Waals surface area contributed by atoms with Gasteiger partial charge in [-0.3, -0.25) is 0 Å². The number of hydrogen-bond donors (Lipinski definition) is 1. The maximum absolute atomic E-state index is 12.7. The molecule has 2 aromatic rings. The Morgan fingerprint density at radius 2 is 1.81 bits per heavy atom. The molecule has 0 spiro atoms. The van der Waals surface area contributed by atoms with Gasteiger partial charge in [0.1, 0.15) is 5.82 Å². The van der Waals surface area contributed by atoms with Crippen LogP contribution >= 0.6 is 0 Å². The Kier molecular flexibility index (Phi) is 3.91. The third-order valence-corrected chi connectivity index (χ3v) is 4.32. The number of aromatic nitrogens is 2. The first-order valence-electron chi connectivity index (χ1n) is 7.58. The van der Waals surface area contributed by atoms with Crippen molar-refractivity contribution in [3.05, 3.63) is 29.6 Å². The number of aromatic amines is 1. The molecule has 5 heteroatoms. The van der Waals surface area contributed by atoms with Crippen molar-refractivity contribution in [1.29, 1.82) is 0 Å². The van der Waals surface area contributed by atoms with E-state index in [-0.39, 0.29) is 0 Å². The SMILES string of the molecule is FC(F)(F)c1ccc2nc(CC3CCCCCC3)[nH]c2c1. The highest BCUT2D eigenvalue weighted by Crippen LogP contribution is 2.31. The molecule has 1 aromatic heterocycles. The molecule has 114 valence electrons. The van der Waals surface area contributed by atoms with Gasteiger partial charge in [0.05, 0.1) is 16.6 Å². The summed E-state index contributed by atoms with van der Waals surface area (Å²) >= 11 is 0. The Hall–Kier alpha value is -1.52. The number of rotatable bonds is 2. The first kappa shape index (κ1) is 14.4. The van der Waals surface area contributed by atoms with E-state index >= 15 is 0 Å². The van der Waals surface area contributed by atoms with Crippen LogP contribution in [0, 0.1) is 5.92 Å². The lowest BCUT2D eigenvalue weighted by Crippen LogP contribution is -2.04. The monoisotopic (exact) mass is 296 g/mol. The fraction of sp³-hybridized carbons (Fsp3) is 0.562. The summed E-state index contributed by atoms with van der Waals surface area (Å²) in [4.78, 5) is 7.50. The van der Waals surface area contributed by atoms with Crippen molar-refractivity contribution in [2.45, 2.75) is 51.1 Å². The molecule has 1 aromatic carbocycles. The van der Waals surface area contributed by atoms with Gasteiger partial charge in [0.2, 0.25) is 0 Å². The second kappa shape index (κ2) is 5.70. The lowest BCUT2D eigenvalue weighted by Gasteiger charge is -2.11. The highest BCUT2D eigenvalue weighted by atomic mass is 19.4. The quantitative estimate of drug-likeness (QED) is 0.768. The van der Waals surface area contributed by atoms with E-state index in [1.807, 2.05) is 0 Å². The molecule has 3 rings (SSSR count). The van der Waals surface area contributed by atoms with Crippen molar-refractivity contribution in [3.8, 4) is 0 Å². The van der Waals surface area contributed by atoms with Crippen LogP contribution in [0.25, 0.3) is 11.0 Å². The van der Waals surface area contributed by atoms with Gasteiger partial charge in [0.15, 0.2) is 0 Å². The van der Waals surface area contributed by atoms with Crippen molar-refractivity contribution in [3.63, 3.8) is 0 Å². The van der Waals surface area contributed by atoms with E-state index in [9.17, 15) is 13.2 Å². The molecule has 1 saturated carbocycles. The smallest absolute Gasteiger partial charge is 0.342 e. The van der Waals surface area contributed by atoms with Crippen LogP contribution in [-0.2, 0) is 12.6 Å². The maximum atomic E-state index is 12.7. The van der Waals surface area contributed by atoms with E-state index < -0.39 is 11.7 Å². The second-order valence-corrected chi connectivity index (χ2v) is 5.97. The maximum Gasteiger partial charge on any atom is 0.416 e. The highest BCUT2D eigenvalue weighted by molar-refractivity contribution is 5.76. The number of H-pyrrole nitrogens is 1. The standard InChI is InChI=1S/C16H19F3N2/c17-16(18,19)12-7-8-13-14(10-12)21-15(20-13)9-11-5-3-1-2-4-6-11/h7-8,10-11H,1-6,9H2,(H,20,21). The molecule has 2 nitrogen and oxygen atoms in total. The summed E-state index contributed by atoms with van der Waals surface area (Å²) in [7, 11) is 0. The summed E-state index contributed by atoms with van der Waals surface area (Å²) < 4.78 is 38.1. The Morgan fingerprint density at radius 3 is 2.48 bits per heavy atom. The Morgan fingerprint density at radius 1 is 1.10 bits per heavy atom. The Balaban J connectivity index is 1.80. The zero-order chi connectivity index (χ0) is 14.9. The van der Waals surface area contributed by atoms with E-state index in [4.69, 9.17) is 0 Å². The lowest BCUT2D eigenvalue weighted by molar-refractivity contribution is -0.137. The number of nitrogens with one attached hydrogen (secondary N) is 1. The van der Waals surface area contributed by atoms with Crippen molar-refractivity contribution in [1.82, 2.24) is 9.97 Å². The molecule has 0 amide bonds. The van der Waals surface area contributed by atoms with Crippen LogP contribution < -0.4 is 0 Å². The van der Waals surface area contributed by atoms with Crippen molar-refractivity contribution >= 4 is 11.0 Å². The molecule has 0 bridgehead atoms. The number of halogens is 3. The predicted molar refractivity (Wildman–Crippen MR) is 76.0 cm³/mol. The van der Waals surface area contributed by atoms with Gasteiger partial charge in [0.25, 0.3) is 0 Å². The summed E-state index contributed by atoms with van der Waals surface area (Å²) in [6.45, 7) is 0. The molecule has 0 saturated heterocycles. The molecule has 0 atom stereocenters. The number of nitrogens with zero attached hydrogens (tertiary/aromatic N) is 1. The third kappa shape index (κ3) is 3.39. The van der Waals surface area contributed by atoms with Gasteiger partial charge in [-0.15, -0.1) is 0 Å². The molecule has 1 aliphatic rings. The average Bonchev–Trinajstić information content (AvgIpc) is 2.63. The molecule has 1 N–H and O–H groups in total. The van der Waals surface area contributed by atoms with Gasteiger partial charge >= 0.3 is 6.18 Å². The number of benzene rings is 1. The van der Waals surface area contributed by atoms with Crippen LogP contribution in [-0.4, -0.2) is 9.97 Å². The molecular weight excluding hydrogens is 277 g/mol. The fourth-order valence-corrected chi connectivity index (χ4v) is 3.18. The van der Waals surface area contributed by atoms with Crippen molar-refractivity contribution in [2.24, 2.45) is 5.92 Å². The first-order valence-corrected chi connectivity index (χ1v) is 7.58. The molecule has 0 unspecified atom stereocenters. The summed E-state index contributed by atoms with van der Waals surface area (Å²) in [6, 6.07) is 3.70. The molecule has 0 aliphatic heterocycles. The van der Waals surface area contributed by atoms with Gasteiger partial charge in [-0.05, 0) is 24.1 Å². The van der Waals surface area contributed by atoms with Crippen LogP contribution in [0.15, 0.2) is 18.2 Å². The summed E-state index contributed by atoms with van der Waals surface area (Å²) in [5.74, 6) is 1.42. The normalized spacial score (nSPS) is 18.0. The minimum Gasteiger partial charge on any atom is -0.342 e. The van der Waals surface area contributed by atoms with E-state index in [1.54, 1.807) is 0 Å². The van der Waals surface area contributed by atoms with E-state index in [0.29, 0.717) is 17.0 Å². The summed E-state index contributed by atoms with van der Waals surface area (Å²) in [5.41, 5.74) is 0.472. The van der Waals surface area contributed by atoms with Crippen LogP contribution in [0.1, 0.15) is 49.9 Å². The fourth-order valence-electron chi connectivity index (χ4n) is 3.18. The third-order valence-electron chi connectivity index (χ3n) is 4.32. The highest BCUT2D eigenvalue weighted by Gasteiger charge is 2.30. The molecular formula is C16H19F3N2. The van der Waals surface area contributed by atoms with Crippen LogP contribution in [0.4, 0.5) is 13.2 Å². The van der Waals surface area contributed by atoms with Gasteiger partial charge in [-0.1, -0.05) is 38.5 Å². The zero-order valence-corrected chi connectivity index (χ0v) is 11.8. The first-order chi connectivity index (χ1) is 10.0.